The Kier molecular flexibility index (Phi) is 6.02. The molecule has 0 aliphatic rings. The normalized spacial score (nSPS) is 12.9. The molecule has 0 fully saturated rings. The van der Waals surface area contributed by atoms with E-state index in [9.17, 15) is 0 Å². The number of para-hydroxylation sites is 2. The van der Waals surface area contributed by atoms with Gasteiger partial charge >= 0.3 is 0 Å². The van der Waals surface area contributed by atoms with E-state index in [1.165, 1.54) is 12.8 Å². The van der Waals surface area contributed by atoms with Crippen molar-refractivity contribution < 1.29 is 0 Å². The maximum Gasteiger partial charge on any atom is 0.107 e. The number of hydrogen-bond acceptors (Lipinski definition) is 3. The van der Waals surface area contributed by atoms with E-state index in [0.29, 0.717) is 6.04 Å². The van der Waals surface area contributed by atoms with Crippen LogP contribution in [0.5, 0.6) is 0 Å². The number of unbranched alkanes of at least 4 members (excludes halogenated alkanes) is 1. The van der Waals surface area contributed by atoms with Gasteiger partial charge in [-0.05, 0) is 31.5 Å². The van der Waals surface area contributed by atoms with Gasteiger partial charge in [0.1, 0.15) is 5.82 Å². The predicted molar refractivity (Wildman–Crippen MR) is 84.8 cm³/mol. The van der Waals surface area contributed by atoms with Gasteiger partial charge in [-0.1, -0.05) is 31.9 Å². The summed E-state index contributed by atoms with van der Waals surface area (Å²) >= 11 is 0. The van der Waals surface area contributed by atoms with Crippen molar-refractivity contribution in [3.05, 3.63) is 30.1 Å². The summed E-state index contributed by atoms with van der Waals surface area (Å²) in [7, 11) is 0. The van der Waals surface area contributed by atoms with Crippen LogP contribution in [0.2, 0.25) is 0 Å². The van der Waals surface area contributed by atoms with Gasteiger partial charge in [0.2, 0.25) is 0 Å². The molecule has 0 amide bonds. The molecule has 4 nitrogen and oxygen atoms in total. The zero-order chi connectivity index (χ0) is 14.2. The van der Waals surface area contributed by atoms with Crippen LogP contribution < -0.4 is 11.1 Å². The van der Waals surface area contributed by atoms with E-state index in [2.05, 4.69) is 28.3 Å². The number of nitrogens with zero attached hydrogens (tertiary/aromatic N) is 1. The molecule has 0 aliphatic heterocycles. The van der Waals surface area contributed by atoms with E-state index in [1.807, 2.05) is 18.2 Å². The molecule has 4 N–H and O–H groups in total. The summed E-state index contributed by atoms with van der Waals surface area (Å²) in [5.41, 5.74) is 8.20. The summed E-state index contributed by atoms with van der Waals surface area (Å²) in [4.78, 5) is 7.94. The van der Waals surface area contributed by atoms with Gasteiger partial charge in [-0.3, -0.25) is 0 Å². The van der Waals surface area contributed by atoms with E-state index in [-0.39, 0.29) is 0 Å². The number of hydrogen-bond donors (Lipinski definition) is 3. The number of aromatic nitrogens is 2. The highest BCUT2D eigenvalue weighted by Gasteiger charge is 2.03. The average molecular weight is 274 g/mol. The third kappa shape index (κ3) is 4.62. The fourth-order valence-corrected chi connectivity index (χ4v) is 2.36. The molecule has 0 aliphatic carbocycles. The maximum atomic E-state index is 6.02. The molecule has 0 saturated heterocycles. The average Bonchev–Trinajstić information content (AvgIpc) is 2.87. The van der Waals surface area contributed by atoms with Crippen molar-refractivity contribution >= 4 is 11.0 Å². The second kappa shape index (κ2) is 8.02. The van der Waals surface area contributed by atoms with Crippen LogP contribution >= 0.6 is 0 Å². The number of aryl methyl sites for hydroxylation is 1. The van der Waals surface area contributed by atoms with Gasteiger partial charge in [0, 0.05) is 19.0 Å². The molecule has 4 heteroatoms. The van der Waals surface area contributed by atoms with Crippen molar-refractivity contribution in [3.63, 3.8) is 0 Å². The molecule has 2 rings (SSSR count). The Morgan fingerprint density at radius 2 is 2.15 bits per heavy atom. The molecule has 0 radical (unpaired) electrons. The Bertz CT molecular complexity index is 473. The molecule has 110 valence electrons. The molecule has 2 aromatic rings. The summed E-state index contributed by atoms with van der Waals surface area (Å²) in [5, 5.41) is 3.43. The first-order valence-electron chi connectivity index (χ1n) is 7.69. The minimum Gasteiger partial charge on any atom is -0.342 e. The van der Waals surface area contributed by atoms with Crippen LogP contribution in [-0.4, -0.2) is 29.1 Å². The second-order valence-electron chi connectivity index (χ2n) is 5.41. The molecule has 1 unspecified atom stereocenters. The van der Waals surface area contributed by atoms with Crippen molar-refractivity contribution in [1.82, 2.24) is 15.3 Å². The zero-order valence-electron chi connectivity index (χ0n) is 12.4. The van der Waals surface area contributed by atoms with Gasteiger partial charge in [-0.15, -0.1) is 0 Å². The lowest BCUT2D eigenvalue weighted by molar-refractivity contribution is 0.518. The van der Waals surface area contributed by atoms with Gasteiger partial charge < -0.3 is 16.0 Å². The number of nitrogens with one attached hydrogen (secondary N) is 2. The van der Waals surface area contributed by atoms with E-state index in [1.54, 1.807) is 0 Å². The van der Waals surface area contributed by atoms with Gasteiger partial charge in [0.05, 0.1) is 11.0 Å². The Morgan fingerprint density at radius 1 is 1.30 bits per heavy atom. The third-order valence-corrected chi connectivity index (χ3v) is 3.54. The van der Waals surface area contributed by atoms with Gasteiger partial charge in [-0.2, -0.15) is 0 Å². The van der Waals surface area contributed by atoms with Gasteiger partial charge in [-0.25, -0.2) is 4.98 Å². The van der Waals surface area contributed by atoms with Crippen LogP contribution in [0.3, 0.4) is 0 Å². The highest BCUT2D eigenvalue weighted by atomic mass is 14.9. The maximum absolute atomic E-state index is 6.02. The number of rotatable bonds is 9. The van der Waals surface area contributed by atoms with Crippen molar-refractivity contribution in [2.75, 3.05) is 13.1 Å². The largest absolute Gasteiger partial charge is 0.342 e. The Hall–Kier alpha value is -1.39. The summed E-state index contributed by atoms with van der Waals surface area (Å²) in [6.07, 6.45) is 5.63. The van der Waals surface area contributed by atoms with Crippen molar-refractivity contribution in [2.24, 2.45) is 5.73 Å². The van der Waals surface area contributed by atoms with Crippen LogP contribution in [0.4, 0.5) is 0 Å². The van der Waals surface area contributed by atoms with E-state index in [4.69, 9.17) is 5.73 Å². The van der Waals surface area contributed by atoms with E-state index >= 15 is 0 Å². The van der Waals surface area contributed by atoms with Crippen LogP contribution in [0.1, 0.15) is 38.4 Å². The number of H-pyrrole nitrogens is 1. The lowest BCUT2D eigenvalue weighted by Crippen LogP contribution is -2.34. The first-order chi connectivity index (χ1) is 9.79. The lowest BCUT2D eigenvalue weighted by Gasteiger charge is -2.11. The Labute approximate surface area is 121 Å². The van der Waals surface area contributed by atoms with Gasteiger partial charge in [0.15, 0.2) is 0 Å². The fourth-order valence-electron chi connectivity index (χ4n) is 2.36. The molecule has 0 saturated carbocycles. The molecule has 0 bridgehead atoms. The first kappa shape index (κ1) is 15.0. The van der Waals surface area contributed by atoms with Crippen LogP contribution in [0, 0.1) is 0 Å². The van der Waals surface area contributed by atoms with Crippen molar-refractivity contribution in [2.45, 2.75) is 45.1 Å². The van der Waals surface area contributed by atoms with Gasteiger partial charge in [0.25, 0.3) is 0 Å². The number of fused-ring (bicyclic) bond motifs is 1. The van der Waals surface area contributed by atoms with Crippen LogP contribution in [0.15, 0.2) is 24.3 Å². The summed E-state index contributed by atoms with van der Waals surface area (Å²) in [5.74, 6) is 1.07. The van der Waals surface area contributed by atoms with Crippen molar-refractivity contribution in [1.29, 1.82) is 0 Å². The monoisotopic (exact) mass is 274 g/mol. The highest BCUT2D eigenvalue weighted by molar-refractivity contribution is 5.74. The zero-order valence-corrected chi connectivity index (χ0v) is 12.4. The standard InChI is InChI=1S/C16H26N4/c1-2-3-7-13(17)12-18-11-6-10-16-19-14-8-4-5-9-15(14)20-16/h4-5,8-9,13,18H,2-3,6-7,10-12,17H2,1H3,(H,19,20). The third-order valence-electron chi connectivity index (χ3n) is 3.54. The van der Waals surface area contributed by atoms with Crippen LogP contribution in [0.25, 0.3) is 11.0 Å². The molecule has 1 aromatic heterocycles. The van der Waals surface area contributed by atoms with E-state index in [0.717, 1.165) is 49.2 Å². The highest BCUT2D eigenvalue weighted by Crippen LogP contribution is 2.11. The number of imidazole rings is 1. The minimum atomic E-state index is 0.293. The fraction of sp³-hybridized carbons (Fsp3) is 0.562. The van der Waals surface area contributed by atoms with Crippen LogP contribution in [-0.2, 0) is 6.42 Å². The molecule has 1 heterocycles. The summed E-state index contributed by atoms with van der Waals surface area (Å²) in [6, 6.07) is 8.45. The summed E-state index contributed by atoms with van der Waals surface area (Å²) < 4.78 is 0. The predicted octanol–water partition coefficient (Wildman–Crippen LogP) is 2.60. The molecule has 20 heavy (non-hydrogen) atoms. The summed E-state index contributed by atoms with van der Waals surface area (Å²) in [6.45, 7) is 4.12. The second-order valence-corrected chi connectivity index (χ2v) is 5.41. The quantitative estimate of drug-likeness (QED) is 0.616. The van der Waals surface area contributed by atoms with E-state index < -0.39 is 0 Å². The SMILES string of the molecule is CCCCC(N)CNCCCc1nc2ccccc2[nH]1. The number of nitrogens with two attached hydrogens (primary N) is 1. The smallest absolute Gasteiger partial charge is 0.107 e. The number of aromatic amines is 1. The topological polar surface area (TPSA) is 66.7 Å². The molecule has 1 atom stereocenters. The minimum absolute atomic E-state index is 0.293. The number of benzene rings is 1. The lowest BCUT2D eigenvalue weighted by atomic mass is 10.1. The van der Waals surface area contributed by atoms with Crippen molar-refractivity contribution in [3.8, 4) is 0 Å². The Balaban J connectivity index is 1.63. The Morgan fingerprint density at radius 3 is 2.95 bits per heavy atom. The first-order valence-corrected chi connectivity index (χ1v) is 7.69. The molecule has 0 spiro atoms. The molecular weight excluding hydrogens is 248 g/mol. The molecule has 1 aromatic carbocycles. The molecular formula is C16H26N4.